The minimum atomic E-state index is -4.24. The summed E-state index contributed by atoms with van der Waals surface area (Å²) in [5.41, 5.74) is 0.926. The van der Waals surface area contributed by atoms with Gasteiger partial charge >= 0.3 is 12.6 Å². The van der Waals surface area contributed by atoms with Crippen molar-refractivity contribution in [2.45, 2.75) is 42.2 Å². The number of hydrogen-bond acceptors (Lipinski definition) is 9. The summed E-state index contributed by atoms with van der Waals surface area (Å²) < 4.78 is 71.5. The van der Waals surface area contributed by atoms with Gasteiger partial charge in [-0.25, -0.2) is 13.2 Å². The predicted octanol–water partition coefficient (Wildman–Crippen LogP) is 6.07. The van der Waals surface area contributed by atoms with E-state index in [1.807, 2.05) is 0 Å². The number of pyridine rings is 1. The van der Waals surface area contributed by atoms with Crippen LogP contribution in [0.4, 0.5) is 8.78 Å². The molecule has 1 saturated heterocycles. The average molecular weight is 731 g/mol. The van der Waals surface area contributed by atoms with Crippen LogP contribution in [-0.4, -0.2) is 79.5 Å². The minimum absolute atomic E-state index is 0.0180. The lowest BCUT2D eigenvalue weighted by Gasteiger charge is -2.26. The molecule has 0 N–H and O–H groups in total. The van der Waals surface area contributed by atoms with E-state index in [0.29, 0.717) is 29.4 Å². The van der Waals surface area contributed by atoms with Gasteiger partial charge in [0, 0.05) is 50.8 Å². The van der Waals surface area contributed by atoms with Gasteiger partial charge in [-0.1, -0.05) is 35.3 Å². The van der Waals surface area contributed by atoms with Gasteiger partial charge in [-0.2, -0.15) is 13.1 Å². The summed E-state index contributed by atoms with van der Waals surface area (Å²) in [7, 11) is -1.13. The van der Waals surface area contributed by atoms with Gasteiger partial charge in [-0.3, -0.25) is 9.78 Å². The van der Waals surface area contributed by atoms with Crippen LogP contribution in [0.2, 0.25) is 10.0 Å². The fourth-order valence-electron chi connectivity index (χ4n) is 4.84. The molecule has 1 aromatic heterocycles. The molecular weight excluding hydrogens is 699 g/mol. The van der Waals surface area contributed by atoms with Crippen molar-refractivity contribution in [3.8, 4) is 11.5 Å². The Bertz CT molecular complexity index is 1730. The number of thioether (sulfide) groups is 1. The Kier molecular flexibility index (Phi) is 11.2. The van der Waals surface area contributed by atoms with Crippen molar-refractivity contribution >= 4 is 56.9 Å². The number of amides is 1. The van der Waals surface area contributed by atoms with E-state index < -0.39 is 34.1 Å². The third-order valence-electron chi connectivity index (χ3n) is 7.47. The first-order chi connectivity index (χ1) is 22.3. The molecule has 0 unspecified atom stereocenters. The number of carbonyl (C=O) groups excluding carboxylic acids is 2. The van der Waals surface area contributed by atoms with Gasteiger partial charge in [0.25, 0.3) is 5.91 Å². The molecule has 0 spiro atoms. The Morgan fingerprint density at radius 2 is 1.81 bits per heavy atom. The monoisotopic (exact) mass is 729 g/mol. The number of ether oxygens (including phenoxy) is 3. The van der Waals surface area contributed by atoms with Crippen LogP contribution in [0.25, 0.3) is 0 Å². The number of rotatable bonds is 13. The zero-order valence-electron chi connectivity index (χ0n) is 25.3. The molecule has 0 bridgehead atoms. The highest BCUT2D eigenvalue weighted by Crippen LogP contribution is 2.39. The SMILES string of the molecule is CN(C)C(=O)c1cccc(S(=O)(=O)N2CCS[C@H]2C(=O)O[C@@H](Cc2c(Cl)cncc2Cl)c2ccc(OC(F)F)c(OCC3CC3)c2)c1. The number of carbonyl (C=O) groups is 2. The summed E-state index contributed by atoms with van der Waals surface area (Å²) in [4.78, 5) is 31.5. The van der Waals surface area contributed by atoms with Crippen molar-refractivity contribution < 1.29 is 41.0 Å². The van der Waals surface area contributed by atoms with E-state index in [1.54, 1.807) is 14.1 Å². The number of halogens is 4. The highest BCUT2D eigenvalue weighted by atomic mass is 35.5. The van der Waals surface area contributed by atoms with Gasteiger partial charge in [0.1, 0.15) is 6.10 Å². The van der Waals surface area contributed by atoms with Crippen LogP contribution in [0.3, 0.4) is 0 Å². The van der Waals surface area contributed by atoms with Crippen molar-refractivity contribution in [3.63, 3.8) is 0 Å². The van der Waals surface area contributed by atoms with Crippen molar-refractivity contribution in [2.75, 3.05) is 33.0 Å². The van der Waals surface area contributed by atoms with E-state index in [2.05, 4.69) is 9.72 Å². The molecule has 16 heteroatoms. The lowest BCUT2D eigenvalue weighted by atomic mass is 10.0. The normalized spacial score (nSPS) is 17.4. The van der Waals surface area contributed by atoms with E-state index in [9.17, 15) is 26.8 Å². The van der Waals surface area contributed by atoms with Gasteiger partial charge in [-0.15, -0.1) is 11.8 Å². The topological polar surface area (TPSA) is 115 Å². The molecule has 252 valence electrons. The second-order valence-corrected chi connectivity index (χ2v) is 15.0. The standard InChI is InChI=1S/C31H31Cl2F2N3O7S2/c1-37(2)28(39)20-4-3-5-21(12-20)47(41,42)38-10-11-46-29(38)30(40)44-26(14-22-23(32)15-36-16-24(22)33)19-8-9-25(45-31(34)35)27(13-19)43-17-18-6-7-18/h3-5,8-9,12-13,15-16,18,26,29,31H,6-7,10-11,14,17H2,1-2H3/t26-,29-/m0/s1. The van der Waals surface area contributed by atoms with Gasteiger partial charge < -0.3 is 19.1 Å². The van der Waals surface area contributed by atoms with Crippen LogP contribution in [-0.2, 0) is 26.0 Å². The zero-order chi connectivity index (χ0) is 33.9. The Morgan fingerprint density at radius 3 is 2.47 bits per heavy atom. The van der Waals surface area contributed by atoms with E-state index in [4.69, 9.17) is 32.7 Å². The first-order valence-electron chi connectivity index (χ1n) is 14.5. The minimum Gasteiger partial charge on any atom is -0.489 e. The van der Waals surface area contributed by atoms with Crippen molar-refractivity contribution in [1.82, 2.24) is 14.2 Å². The molecule has 1 amide bonds. The van der Waals surface area contributed by atoms with E-state index in [0.717, 1.165) is 28.9 Å². The van der Waals surface area contributed by atoms with Crippen LogP contribution in [0.1, 0.15) is 40.4 Å². The number of sulfonamides is 1. The van der Waals surface area contributed by atoms with Crippen molar-refractivity contribution in [2.24, 2.45) is 5.92 Å². The second-order valence-electron chi connectivity index (χ2n) is 11.1. The number of benzene rings is 2. The van der Waals surface area contributed by atoms with E-state index in [-0.39, 0.29) is 50.9 Å². The highest BCUT2D eigenvalue weighted by Gasteiger charge is 2.42. The van der Waals surface area contributed by atoms with Gasteiger partial charge in [-0.05, 0) is 60.2 Å². The van der Waals surface area contributed by atoms with Crippen LogP contribution in [0.15, 0.2) is 59.8 Å². The first-order valence-corrected chi connectivity index (χ1v) is 17.7. The Balaban J connectivity index is 1.46. The van der Waals surface area contributed by atoms with Crippen LogP contribution < -0.4 is 9.47 Å². The molecule has 2 heterocycles. The molecule has 1 aliphatic heterocycles. The molecule has 10 nitrogen and oxygen atoms in total. The molecule has 1 saturated carbocycles. The summed E-state index contributed by atoms with van der Waals surface area (Å²) in [6, 6.07) is 9.79. The molecule has 2 aliphatic rings. The third kappa shape index (κ3) is 8.47. The Hall–Kier alpha value is -3.17. The van der Waals surface area contributed by atoms with E-state index >= 15 is 0 Å². The van der Waals surface area contributed by atoms with Crippen molar-refractivity contribution in [3.05, 3.63) is 81.6 Å². The number of aromatic nitrogens is 1. The Morgan fingerprint density at radius 1 is 1.09 bits per heavy atom. The van der Waals surface area contributed by atoms with Gasteiger partial charge in [0.15, 0.2) is 16.9 Å². The lowest BCUT2D eigenvalue weighted by molar-refractivity contribution is -0.150. The summed E-state index contributed by atoms with van der Waals surface area (Å²) in [6.07, 6.45) is 3.51. The fourth-order valence-corrected chi connectivity index (χ4v) is 8.45. The lowest BCUT2D eigenvalue weighted by Crippen LogP contribution is -2.40. The smallest absolute Gasteiger partial charge is 0.387 e. The summed E-state index contributed by atoms with van der Waals surface area (Å²) in [5.74, 6) is -0.787. The molecular formula is C31H31Cl2F2N3O7S2. The van der Waals surface area contributed by atoms with Crippen LogP contribution in [0, 0.1) is 5.92 Å². The molecule has 47 heavy (non-hydrogen) atoms. The fraction of sp³-hybridized carbons (Fsp3) is 0.387. The second kappa shape index (κ2) is 14.9. The molecule has 5 rings (SSSR count). The predicted molar refractivity (Wildman–Crippen MR) is 173 cm³/mol. The molecule has 0 radical (unpaired) electrons. The molecule has 2 atom stereocenters. The summed E-state index contributed by atoms with van der Waals surface area (Å²) in [5, 5.41) is -0.855. The average Bonchev–Trinajstić information content (AvgIpc) is 3.72. The molecule has 1 aliphatic carbocycles. The number of nitrogens with zero attached hydrogens (tertiary/aromatic N) is 3. The zero-order valence-corrected chi connectivity index (χ0v) is 28.4. The van der Waals surface area contributed by atoms with Gasteiger partial charge in [0.05, 0.1) is 21.5 Å². The first kappa shape index (κ1) is 35.1. The molecule has 3 aromatic rings. The quantitative estimate of drug-likeness (QED) is 0.193. The number of alkyl halides is 2. The third-order valence-corrected chi connectivity index (χ3v) is 11.3. The van der Waals surface area contributed by atoms with Crippen molar-refractivity contribution in [1.29, 1.82) is 0 Å². The van der Waals surface area contributed by atoms with Gasteiger partial charge in [0.2, 0.25) is 10.0 Å². The summed E-state index contributed by atoms with van der Waals surface area (Å²) >= 11 is 13.9. The number of esters is 1. The molecule has 2 aromatic carbocycles. The van der Waals surface area contributed by atoms with Crippen LogP contribution >= 0.6 is 35.0 Å². The largest absolute Gasteiger partial charge is 0.489 e. The maximum absolute atomic E-state index is 13.8. The maximum Gasteiger partial charge on any atom is 0.387 e. The van der Waals surface area contributed by atoms with Crippen LogP contribution in [0.5, 0.6) is 11.5 Å². The maximum atomic E-state index is 13.8. The van der Waals surface area contributed by atoms with E-state index in [1.165, 1.54) is 59.8 Å². The highest BCUT2D eigenvalue weighted by molar-refractivity contribution is 8.02. The number of hydrogen-bond donors (Lipinski definition) is 0. The molecule has 2 fully saturated rings. The Labute approximate surface area is 285 Å². The summed E-state index contributed by atoms with van der Waals surface area (Å²) in [6.45, 7) is -2.78.